The van der Waals surface area contributed by atoms with Gasteiger partial charge in [-0.25, -0.2) is 9.78 Å². The van der Waals surface area contributed by atoms with Crippen LogP contribution in [-0.4, -0.2) is 58.8 Å². The van der Waals surface area contributed by atoms with Crippen LogP contribution in [0.2, 0.25) is 25.7 Å². The van der Waals surface area contributed by atoms with Gasteiger partial charge in [0.15, 0.2) is 5.69 Å². The molecule has 2 atom stereocenters. The predicted molar refractivity (Wildman–Crippen MR) is 181 cm³/mol. The number of imidazole rings is 1. The zero-order valence-electron chi connectivity index (χ0n) is 28.4. The second kappa shape index (κ2) is 14.3. The summed E-state index contributed by atoms with van der Waals surface area (Å²) in [6.07, 6.45) is 9.50. The molecule has 1 fully saturated rings. The number of carbonyl (C=O) groups is 2. The van der Waals surface area contributed by atoms with Gasteiger partial charge >= 0.3 is 6.09 Å². The lowest BCUT2D eigenvalue weighted by atomic mass is 9.81. The fourth-order valence-corrected chi connectivity index (χ4v) is 7.03. The standard InChI is InChI=1S/C35H51N5O4Si/c1-24-18-28(19-25(2)40(24)34(42)44-35(3,4)5)27-14-15-31(30(20-27)26-12-10-9-11-13-26)38-33(41)32-37-29(21-36)22-39(32)23-43-16-17-45(6,7)8/h12,14-15,20,22,24-25,28H,9-11,13,16-19,23H2,1-8H3,(H,38,41)/t24-,25-/m1/s1. The Balaban J connectivity index is 1.56. The van der Waals surface area contributed by atoms with Gasteiger partial charge in [-0.3, -0.25) is 4.79 Å². The average Bonchev–Trinajstić information content (AvgIpc) is 3.37. The summed E-state index contributed by atoms with van der Waals surface area (Å²) in [6, 6.07) is 9.46. The molecule has 0 saturated carbocycles. The number of rotatable bonds is 9. The van der Waals surface area contributed by atoms with Crippen molar-refractivity contribution in [2.75, 3.05) is 11.9 Å². The molecular formula is C35H51N5O4Si. The SMILES string of the molecule is C[C@@H]1CC(c2ccc(NC(=O)c3nc(C#N)cn3COCC[Si](C)(C)C)c(C3=CCCCC3)c2)C[C@@H](C)N1C(=O)OC(C)(C)C. The van der Waals surface area contributed by atoms with Crippen LogP contribution in [-0.2, 0) is 16.2 Å². The highest BCUT2D eigenvalue weighted by atomic mass is 28.3. The molecule has 2 aromatic rings. The number of allylic oxidation sites excluding steroid dienone is 2. The van der Waals surface area contributed by atoms with Crippen LogP contribution in [0.15, 0.2) is 30.5 Å². The number of ether oxygens (including phenoxy) is 2. The Labute approximate surface area is 270 Å². The lowest BCUT2D eigenvalue weighted by Gasteiger charge is -2.43. The van der Waals surface area contributed by atoms with E-state index in [1.54, 1.807) is 10.8 Å². The van der Waals surface area contributed by atoms with E-state index in [1.807, 2.05) is 31.7 Å². The van der Waals surface area contributed by atoms with Crippen molar-refractivity contribution in [1.82, 2.24) is 14.5 Å². The van der Waals surface area contributed by atoms with E-state index in [-0.39, 0.29) is 48.3 Å². The summed E-state index contributed by atoms with van der Waals surface area (Å²) in [5.41, 5.74) is 3.85. The van der Waals surface area contributed by atoms with Gasteiger partial charge in [0.2, 0.25) is 5.82 Å². The first kappa shape index (κ1) is 34.5. The summed E-state index contributed by atoms with van der Waals surface area (Å²) >= 11 is 0. The summed E-state index contributed by atoms with van der Waals surface area (Å²) in [7, 11) is -1.26. The van der Waals surface area contributed by atoms with Crippen LogP contribution in [0.1, 0.15) is 107 Å². The number of piperidine rings is 1. The molecule has 2 heterocycles. The smallest absolute Gasteiger partial charge is 0.410 e. The van der Waals surface area contributed by atoms with Gasteiger partial charge in [0.05, 0.1) is 0 Å². The topological polar surface area (TPSA) is 109 Å². The van der Waals surface area contributed by atoms with Crippen LogP contribution in [0.3, 0.4) is 0 Å². The minimum absolute atomic E-state index is 0.0338. The number of benzene rings is 1. The fourth-order valence-electron chi connectivity index (χ4n) is 6.27. The van der Waals surface area contributed by atoms with Gasteiger partial charge in [-0.1, -0.05) is 31.8 Å². The first-order valence-electron chi connectivity index (χ1n) is 16.4. The van der Waals surface area contributed by atoms with E-state index in [2.05, 4.69) is 68.1 Å². The lowest BCUT2D eigenvalue weighted by molar-refractivity contribution is -0.00256. The lowest BCUT2D eigenvalue weighted by Crippen LogP contribution is -2.51. The molecule has 9 nitrogen and oxygen atoms in total. The summed E-state index contributed by atoms with van der Waals surface area (Å²) in [5.74, 6) is 0.0553. The van der Waals surface area contributed by atoms with Crippen molar-refractivity contribution in [3.05, 3.63) is 53.1 Å². The highest BCUT2D eigenvalue weighted by molar-refractivity contribution is 6.76. The van der Waals surface area contributed by atoms with E-state index >= 15 is 0 Å². The molecule has 2 aliphatic rings. The normalized spacial score (nSPS) is 20.7. The summed E-state index contributed by atoms with van der Waals surface area (Å²) in [5, 5.41) is 12.6. The van der Waals surface area contributed by atoms with Gasteiger partial charge in [0, 0.05) is 44.2 Å². The number of nitriles is 1. The Morgan fingerprint density at radius 1 is 1.13 bits per heavy atom. The Morgan fingerprint density at radius 2 is 1.84 bits per heavy atom. The Hall–Kier alpha value is -3.42. The molecule has 0 unspecified atom stereocenters. The quantitative estimate of drug-likeness (QED) is 0.220. The van der Waals surface area contributed by atoms with Crippen LogP contribution in [0.4, 0.5) is 10.5 Å². The van der Waals surface area contributed by atoms with Gasteiger partial charge < -0.3 is 24.3 Å². The molecule has 1 aliphatic carbocycles. The van der Waals surface area contributed by atoms with E-state index in [0.29, 0.717) is 6.61 Å². The second-order valence-corrected chi connectivity index (χ2v) is 20.5. The molecule has 0 spiro atoms. The number of aromatic nitrogens is 2. The van der Waals surface area contributed by atoms with Crippen molar-refractivity contribution in [2.45, 2.75) is 129 Å². The van der Waals surface area contributed by atoms with Gasteiger partial charge in [0.1, 0.15) is 18.4 Å². The van der Waals surface area contributed by atoms with Crippen molar-refractivity contribution < 1.29 is 19.1 Å². The number of nitrogens with zero attached hydrogens (tertiary/aromatic N) is 4. The van der Waals surface area contributed by atoms with Crippen molar-refractivity contribution in [3.8, 4) is 6.07 Å². The van der Waals surface area contributed by atoms with Crippen molar-refractivity contribution in [2.24, 2.45) is 0 Å². The Morgan fingerprint density at radius 3 is 2.44 bits per heavy atom. The zero-order chi connectivity index (χ0) is 32.9. The van der Waals surface area contributed by atoms with E-state index in [0.717, 1.165) is 55.8 Å². The van der Waals surface area contributed by atoms with Crippen molar-refractivity contribution >= 4 is 31.3 Å². The third kappa shape index (κ3) is 9.30. The van der Waals surface area contributed by atoms with Gasteiger partial charge in [-0.05, 0) is 108 Å². The van der Waals surface area contributed by atoms with Crippen LogP contribution in [0, 0.1) is 11.3 Å². The molecule has 2 amide bonds. The van der Waals surface area contributed by atoms with Crippen LogP contribution < -0.4 is 5.32 Å². The molecule has 10 heteroatoms. The molecule has 1 saturated heterocycles. The van der Waals surface area contributed by atoms with Crippen LogP contribution >= 0.6 is 0 Å². The third-order valence-electron chi connectivity index (χ3n) is 8.53. The van der Waals surface area contributed by atoms with Crippen LogP contribution in [0.5, 0.6) is 0 Å². The maximum atomic E-state index is 13.6. The largest absolute Gasteiger partial charge is 0.444 e. The van der Waals surface area contributed by atoms with Crippen molar-refractivity contribution in [3.63, 3.8) is 0 Å². The number of carbonyl (C=O) groups excluding carboxylic acids is 2. The summed E-state index contributed by atoms with van der Waals surface area (Å²) in [4.78, 5) is 32.8. The minimum atomic E-state index is -1.26. The third-order valence-corrected chi connectivity index (χ3v) is 10.2. The second-order valence-electron chi connectivity index (χ2n) is 14.9. The number of amides is 2. The van der Waals surface area contributed by atoms with E-state index in [9.17, 15) is 14.9 Å². The number of nitrogens with one attached hydrogen (secondary N) is 1. The Kier molecular flexibility index (Phi) is 11.0. The molecule has 4 rings (SSSR count). The first-order valence-corrected chi connectivity index (χ1v) is 20.1. The molecule has 1 aromatic heterocycles. The maximum absolute atomic E-state index is 13.6. The molecule has 244 valence electrons. The summed E-state index contributed by atoms with van der Waals surface area (Å²) < 4.78 is 13.2. The van der Waals surface area contributed by atoms with E-state index in [1.165, 1.54) is 11.1 Å². The first-order chi connectivity index (χ1) is 21.1. The summed E-state index contributed by atoms with van der Waals surface area (Å²) in [6.45, 7) is 17.5. The van der Waals surface area contributed by atoms with Gasteiger partial charge in [-0.2, -0.15) is 5.26 Å². The number of anilines is 1. The highest BCUT2D eigenvalue weighted by Crippen LogP contribution is 2.39. The molecule has 0 radical (unpaired) electrons. The van der Waals surface area contributed by atoms with E-state index < -0.39 is 13.7 Å². The molecule has 1 N–H and O–H groups in total. The molecular weight excluding hydrogens is 583 g/mol. The van der Waals surface area contributed by atoms with E-state index in [4.69, 9.17) is 9.47 Å². The Bertz CT molecular complexity index is 1430. The average molecular weight is 634 g/mol. The highest BCUT2D eigenvalue weighted by Gasteiger charge is 2.37. The molecule has 1 aliphatic heterocycles. The predicted octanol–water partition coefficient (Wildman–Crippen LogP) is 8.17. The number of hydrogen-bond acceptors (Lipinski definition) is 6. The number of likely N-dealkylation sites (tertiary alicyclic amines) is 1. The fraction of sp³-hybridized carbons (Fsp3) is 0.600. The maximum Gasteiger partial charge on any atom is 0.410 e. The van der Waals surface area contributed by atoms with Gasteiger partial charge in [-0.15, -0.1) is 0 Å². The monoisotopic (exact) mass is 633 g/mol. The minimum Gasteiger partial charge on any atom is -0.444 e. The molecule has 45 heavy (non-hydrogen) atoms. The van der Waals surface area contributed by atoms with Crippen molar-refractivity contribution in [1.29, 1.82) is 5.26 Å². The zero-order valence-corrected chi connectivity index (χ0v) is 29.4. The van der Waals surface area contributed by atoms with Gasteiger partial charge in [0.25, 0.3) is 5.91 Å². The van der Waals surface area contributed by atoms with Crippen LogP contribution in [0.25, 0.3) is 5.57 Å². The molecule has 1 aromatic carbocycles. The molecule has 0 bridgehead atoms. The number of hydrogen-bond donors (Lipinski definition) is 1.